The van der Waals surface area contributed by atoms with Crippen LogP contribution in [0.25, 0.3) is 0 Å². The predicted octanol–water partition coefficient (Wildman–Crippen LogP) is 0.660. The van der Waals surface area contributed by atoms with Crippen LogP contribution in [0.1, 0.15) is 25.6 Å². The van der Waals surface area contributed by atoms with Crippen LogP contribution in [0.3, 0.4) is 0 Å². The molecular weight excluding hydrogens is 214 g/mol. The van der Waals surface area contributed by atoms with Crippen LogP contribution in [0.2, 0.25) is 0 Å². The SMILES string of the molecule is CCOC(=O)CCC(=O)Nc1nc(C)no1. The second-order valence-electron chi connectivity index (χ2n) is 3.00. The number of ether oxygens (including phenoxy) is 1. The first-order valence-electron chi connectivity index (χ1n) is 4.87. The molecule has 7 heteroatoms. The molecule has 1 aromatic rings. The Morgan fingerprint density at radius 3 is 2.75 bits per heavy atom. The molecule has 1 N–H and O–H groups in total. The molecule has 0 saturated heterocycles. The molecule has 0 aliphatic heterocycles. The van der Waals surface area contributed by atoms with Gasteiger partial charge in [-0.3, -0.25) is 14.9 Å². The van der Waals surface area contributed by atoms with E-state index in [2.05, 4.69) is 24.7 Å². The first-order valence-corrected chi connectivity index (χ1v) is 4.87. The van der Waals surface area contributed by atoms with Crippen LogP contribution in [0.5, 0.6) is 0 Å². The average Bonchev–Trinajstić information content (AvgIpc) is 2.61. The molecular formula is C9H13N3O4. The van der Waals surface area contributed by atoms with E-state index >= 15 is 0 Å². The number of anilines is 1. The van der Waals surface area contributed by atoms with E-state index in [4.69, 9.17) is 0 Å². The summed E-state index contributed by atoms with van der Waals surface area (Å²) >= 11 is 0. The number of nitrogens with zero attached hydrogens (tertiary/aromatic N) is 2. The highest BCUT2D eigenvalue weighted by Gasteiger charge is 2.10. The van der Waals surface area contributed by atoms with Crippen LogP contribution in [0, 0.1) is 6.92 Å². The third-order valence-corrected chi connectivity index (χ3v) is 1.64. The lowest BCUT2D eigenvalue weighted by molar-refractivity contribution is -0.144. The van der Waals surface area contributed by atoms with Crippen LogP contribution in [-0.4, -0.2) is 28.6 Å². The molecule has 0 fully saturated rings. The zero-order chi connectivity index (χ0) is 12.0. The highest BCUT2D eigenvalue weighted by molar-refractivity contribution is 5.90. The number of carbonyl (C=O) groups is 2. The summed E-state index contributed by atoms with van der Waals surface area (Å²) in [6.45, 7) is 3.65. The van der Waals surface area contributed by atoms with E-state index in [1.165, 1.54) is 0 Å². The lowest BCUT2D eigenvalue weighted by atomic mass is 10.3. The minimum atomic E-state index is -0.403. The molecule has 0 aliphatic carbocycles. The predicted molar refractivity (Wildman–Crippen MR) is 53.5 cm³/mol. The Bertz CT molecular complexity index is 375. The molecule has 1 rings (SSSR count). The van der Waals surface area contributed by atoms with E-state index in [0.29, 0.717) is 12.4 Å². The number of nitrogens with one attached hydrogen (secondary N) is 1. The molecule has 0 bridgehead atoms. The fraction of sp³-hybridized carbons (Fsp3) is 0.556. The highest BCUT2D eigenvalue weighted by atomic mass is 16.5. The van der Waals surface area contributed by atoms with Gasteiger partial charge < -0.3 is 9.26 Å². The summed E-state index contributed by atoms with van der Waals surface area (Å²) in [4.78, 5) is 26.0. The number of amides is 1. The van der Waals surface area contributed by atoms with Gasteiger partial charge in [0, 0.05) is 6.42 Å². The minimum absolute atomic E-state index is 0.0280. The molecule has 0 spiro atoms. The van der Waals surface area contributed by atoms with Crippen LogP contribution in [0.15, 0.2) is 4.52 Å². The second-order valence-corrected chi connectivity index (χ2v) is 3.00. The lowest BCUT2D eigenvalue weighted by Crippen LogP contribution is -2.14. The fourth-order valence-electron chi connectivity index (χ4n) is 0.978. The van der Waals surface area contributed by atoms with Crippen LogP contribution >= 0.6 is 0 Å². The van der Waals surface area contributed by atoms with Gasteiger partial charge >= 0.3 is 12.0 Å². The quantitative estimate of drug-likeness (QED) is 0.742. The Hall–Kier alpha value is -1.92. The van der Waals surface area contributed by atoms with E-state index < -0.39 is 5.97 Å². The summed E-state index contributed by atoms with van der Waals surface area (Å²) in [5, 5.41) is 5.88. The van der Waals surface area contributed by atoms with E-state index in [9.17, 15) is 9.59 Å². The Labute approximate surface area is 92.2 Å². The van der Waals surface area contributed by atoms with Crippen molar-refractivity contribution in [3.05, 3.63) is 5.82 Å². The van der Waals surface area contributed by atoms with Crippen molar-refractivity contribution >= 4 is 17.9 Å². The molecule has 0 saturated carbocycles. The van der Waals surface area contributed by atoms with Crippen LogP contribution in [0.4, 0.5) is 6.01 Å². The second kappa shape index (κ2) is 5.84. The van der Waals surface area contributed by atoms with Crippen molar-refractivity contribution in [2.45, 2.75) is 26.7 Å². The largest absolute Gasteiger partial charge is 0.466 e. The van der Waals surface area contributed by atoms with Crippen LogP contribution in [-0.2, 0) is 14.3 Å². The first-order chi connectivity index (χ1) is 7.61. The van der Waals surface area contributed by atoms with Gasteiger partial charge in [-0.15, -0.1) is 0 Å². The van der Waals surface area contributed by atoms with Gasteiger partial charge in [0.05, 0.1) is 13.0 Å². The smallest absolute Gasteiger partial charge is 0.328 e. The minimum Gasteiger partial charge on any atom is -0.466 e. The Kier molecular flexibility index (Phi) is 4.43. The van der Waals surface area contributed by atoms with Gasteiger partial charge in [-0.1, -0.05) is 5.16 Å². The summed E-state index contributed by atoms with van der Waals surface area (Å²) < 4.78 is 9.36. The van der Waals surface area contributed by atoms with Crippen molar-refractivity contribution < 1.29 is 18.8 Å². The molecule has 1 aromatic heterocycles. The first kappa shape index (κ1) is 12.2. The maximum atomic E-state index is 11.3. The molecule has 0 radical (unpaired) electrons. The van der Waals surface area contributed by atoms with E-state index in [-0.39, 0.29) is 24.8 Å². The summed E-state index contributed by atoms with van der Waals surface area (Å²) in [5.41, 5.74) is 0. The van der Waals surface area contributed by atoms with Gasteiger partial charge in [-0.25, -0.2) is 0 Å². The van der Waals surface area contributed by atoms with Gasteiger partial charge in [0.2, 0.25) is 5.91 Å². The number of esters is 1. The standard InChI is InChI=1S/C9H13N3O4/c1-3-15-8(14)5-4-7(13)11-9-10-6(2)12-16-9/h3-5H2,1-2H3,(H,10,11,12,13). The average molecular weight is 227 g/mol. The monoisotopic (exact) mass is 227 g/mol. The van der Waals surface area contributed by atoms with Crippen molar-refractivity contribution in [2.24, 2.45) is 0 Å². The zero-order valence-corrected chi connectivity index (χ0v) is 9.15. The number of carbonyl (C=O) groups excluding carboxylic acids is 2. The van der Waals surface area contributed by atoms with E-state index in [1.54, 1.807) is 13.8 Å². The zero-order valence-electron chi connectivity index (χ0n) is 9.15. The third kappa shape index (κ3) is 4.07. The molecule has 0 atom stereocenters. The lowest BCUT2D eigenvalue weighted by Gasteiger charge is -2.00. The van der Waals surface area contributed by atoms with Crippen LogP contribution < -0.4 is 5.32 Å². The summed E-state index contributed by atoms with van der Waals surface area (Å²) in [6, 6.07) is 0.0337. The number of aryl methyl sites for hydroxylation is 1. The third-order valence-electron chi connectivity index (χ3n) is 1.64. The molecule has 1 amide bonds. The molecule has 16 heavy (non-hydrogen) atoms. The molecule has 1 heterocycles. The Balaban J connectivity index is 2.28. The van der Waals surface area contributed by atoms with E-state index in [1.807, 2.05) is 0 Å². The Morgan fingerprint density at radius 2 is 2.19 bits per heavy atom. The number of rotatable bonds is 5. The fourth-order valence-corrected chi connectivity index (χ4v) is 0.978. The molecule has 0 aromatic carbocycles. The van der Waals surface area contributed by atoms with Crippen molar-refractivity contribution in [1.82, 2.24) is 10.1 Å². The van der Waals surface area contributed by atoms with Gasteiger partial charge in [0.15, 0.2) is 5.82 Å². The maximum absolute atomic E-state index is 11.3. The Morgan fingerprint density at radius 1 is 1.44 bits per heavy atom. The van der Waals surface area contributed by atoms with Crippen molar-refractivity contribution in [3.8, 4) is 0 Å². The van der Waals surface area contributed by atoms with E-state index in [0.717, 1.165) is 0 Å². The number of hydrogen-bond donors (Lipinski definition) is 1. The maximum Gasteiger partial charge on any atom is 0.328 e. The normalized spacial score (nSPS) is 9.88. The van der Waals surface area contributed by atoms with Crippen molar-refractivity contribution in [2.75, 3.05) is 11.9 Å². The van der Waals surface area contributed by atoms with Gasteiger partial charge in [0.25, 0.3) is 0 Å². The number of hydrogen-bond acceptors (Lipinski definition) is 6. The van der Waals surface area contributed by atoms with Gasteiger partial charge in [-0.2, -0.15) is 4.98 Å². The highest BCUT2D eigenvalue weighted by Crippen LogP contribution is 2.03. The van der Waals surface area contributed by atoms with Gasteiger partial charge in [-0.05, 0) is 13.8 Å². The molecule has 0 aliphatic rings. The number of aromatic nitrogens is 2. The summed E-state index contributed by atoms with van der Waals surface area (Å²) in [5.74, 6) is -0.336. The topological polar surface area (TPSA) is 94.3 Å². The summed E-state index contributed by atoms with van der Waals surface area (Å²) in [6.07, 6.45) is 0.0626. The molecule has 0 unspecified atom stereocenters. The molecule has 88 valence electrons. The summed E-state index contributed by atoms with van der Waals surface area (Å²) in [7, 11) is 0. The van der Waals surface area contributed by atoms with Crippen molar-refractivity contribution in [1.29, 1.82) is 0 Å². The van der Waals surface area contributed by atoms with Crippen molar-refractivity contribution in [3.63, 3.8) is 0 Å². The van der Waals surface area contributed by atoms with Gasteiger partial charge in [0.1, 0.15) is 0 Å². The molecule has 7 nitrogen and oxygen atoms in total.